The molecule has 0 saturated heterocycles. The molecule has 0 aliphatic rings. The monoisotopic (exact) mass is 203 g/mol. The Balaban J connectivity index is 2.62. The maximum atomic E-state index is 3.20. The third-order valence-corrected chi connectivity index (χ3v) is 2.57. The van der Waals surface area contributed by atoms with E-state index in [0.717, 1.165) is 6.54 Å². The van der Waals surface area contributed by atoms with Crippen LogP contribution in [0, 0.1) is 0 Å². The smallest absolute Gasteiger partial charge is 0.0697 e. The van der Waals surface area contributed by atoms with Crippen LogP contribution in [0.25, 0.3) is 10.9 Å². The Morgan fingerprint density at radius 3 is 2.67 bits per heavy atom. The average molecular weight is 203 g/mol. The number of nitrogens with zero attached hydrogens (tertiary/aromatic N) is 2. The quantitative estimate of drug-likeness (QED) is 0.817. The molecule has 0 aliphatic carbocycles. The van der Waals surface area contributed by atoms with Crippen LogP contribution in [0.5, 0.6) is 0 Å². The van der Waals surface area contributed by atoms with E-state index in [1.165, 1.54) is 16.5 Å². The van der Waals surface area contributed by atoms with Crippen molar-refractivity contribution in [3.8, 4) is 0 Å². The lowest BCUT2D eigenvalue weighted by Gasteiger charge is -2.15. The van der Waals surface area contributed by atoms with Crippen LogP contribution < -0.4 is 10.3 Å². The molecule has 0 atom stereocenters. The van der Waals surface area contributed by atoms with Crippen molar-refractivity contribution in [1.29, 1.82) is 0 Å². The van der Waals surface area contributed by atoms with Gasteiger partial charge in [-0.25, -0.2) is 0 Å². The van der Waals surface area contributed by atoms with Gasteiger partial charge in [-0.2, -0.15) is 0 Å². The summed E-state index contributed by atoms with van der Waals surface area (Å²) in [7, 11) is 6.08. The molecule has 0 bridgehead atoms. The molecule has 0 amide bonds. The van der Waals surface area contributed by atoms with Crippen LogP contribution in [0.1, 0.15) is 5.56 Å². The van der Waals surface area contributed by atoms with Crippen LogP contribution in [-0.2, 0) is 6.54 Å². The third-order valence-electron chi connectivity index (χ3n) is 2.57. The van der Waals surface area contributed by atoms with Gasteiger partial charge in [-0.05, 0) is 18.7 Å². The zero-order valence-corrected chi connectivity index (χ0v) is 9.49. The second kappa shape index (κ2) is 3.95. The highest BCUT2D eigenvalue weighted by molar-refractivity contribution is 5.84. The zero-order valence-electron chi connectivity index (χ0n) is 9.49. The van der Waals surface area contributed by atoms with E-state index < -0.39 is 0 Å². The van der Waals surface area contributed by atoms with Crippen molar-refractivity contribution < 1.29 is 0 Å². The van der Waals surface area contributed by atoms with Gasteiger partial charge in [0.05, 0.1) is 5.52 Å². The summed E-state index contributed by atoms with van der Waals surface area (Å²) >= 11 is 0. The molecular formula is C12H17N3. The van der Waals surface area contributed by atoms with Gasteiger partial charge in [-0.3, -0.25) is 4.68 Å². The third kappa shape index (κ3) is 1.70. The highest BCUT2D eigenvalue weighted by atomic mass is 15.5. The van der Waals surface area contributed by atoms with Gasteiger partial charge in [-0.1, -0.05) is 18.2 Å². The van der Waals surface area contributed by atoms with Crippen LogP contribution in [0.3, 0.4) is 0 Å². The number of hydrogen-bond acceptors (Lipinski definition) is 2. The number of benzene rings is 1. The predicted octanol–water partition coefficient (Wildman–Crippen LogP) is 1.56. The van der Waals surface area contributed by atoms with Crippen molar-refractivity contribution in [3.05, 3.63) is 36.0 Å². The number of rotatable bonds is 3. The Bertz CT molecular complexity index is 457. The molecule has 1 aromatic heterocycles. The van der Waals surface area contributed by atoms with E-state index >= 15 is 0 Å². The minimum atomic E-state index is 0.904. The minimum Gasteiger partial charge on any atom is -0.319 e. The lowest BCUT2D eigenvalue weighted by atomic mass is 10.2. The molecule has 2 rings (SSSR count). The Morgan fingerprint density at radius 2 is 2.00 bits per heavy atom. The van der Waals surface area contributed by atoms with E-state index in [2.05, 4.69) is 59.6 Å². The van der Waals surface area contributed by atoms with Crippen LogP contribution in [-0.4, -0.2) is 25.8 Å². The minimum absolute atomic E-state index is 0.904. The molecule has 1 heterocycles. The van der Waals surface area contributed by atoms with Crippen molar-refractivity contribution in [1.82, 2.24) is 9.99 Å². The Hall–Kier alpha value is -1.48. The lowest BCUT2D eigenvalue weighted by molar-refractivity contribution is 0.749. The first-order chi connectivity index (χ1) is 7.24. The summed E-state index contributed by atoms with van der Waals surface area (Å²) in [5.74, 6) is 0. The Morgan fingerprint density at radius 1 is 1.27 bits per heavy atom. The predicted molar refractivity (Wildman–Crippen MR) is 64.8 cm³/mol. The molecule has 0 unspecified atom stereocenters. The van der Waals surface area contributed by atoms with Gasteiger partial charge in [0, 0.05) is 32.2 Å². The molecular weight excluding hydrogens is 186 g/mol. The van der Waals surface area contributed by atoms with Gasteiger partial charge in [0.15, 0.2) is 0 Å². The maximum Gasteiger partial charge on any atom is 0.0697 e. The van der Waals surface area contributed by atoms with E-state index in [1.807, 2.05) is 7.05 Å². The molecule has 0 radical (unpaired) electrons. The van der Waals surface area contributed by atoms with E-state index in [1.54, 1.807) is 0 Å². The zero-order chi connectivity index (χ0) is 10.8. The van der Waals surface area contributed by atoms with Crippen molar-refractivity contribution in [2.24, 2.45) is 0 Å². The fourth-order valence-electron chi connectivity index (χ4n) is 1.89. The number of para-hydroxylation sites is 1. The van der Waals surface area contributed by atoms with Crippen LogP contribution in [0.2, 0.25) is 0 Å². The fraction of sp³-hybridized carbons (Fsp3) is 0.333. The molecule has 2 aromatic rings. The molecule has 1 N–H and O–H groups in total. The highest BCUT2D eigenvalue weighted by Gasteiger charge is 2.07. The van der Waals surface area contributed by atoms with Crippen LogP contribution >= 0.6 is 0 Å². The summed E-state index contributed by atoms with van der Waals surface area (Å²) in [6.45, 7) is 0.904. The van der Waals surface area contributed by atoms with Crippen molar-refractivity contribution >= 4 is 10.9 Å². The van der Waals surface area contributed by atoms with Crippen molar-refractivity contribution in [2.75, 3.05) is 26.2 Å². The van der Waals surface area contributed by atoms with Gasteiger partial charge < -0.3 is 10.3 Å². The number of hydrogen-bond donors (Lipinski definition) is 1. The van der Waals surface area contributed by atoms with Gasteiger partial charge >= 0.3 is 0 Å². The lowest BCUT2D eigenvalue weighted by Crippen LogP contribution is -2.23. The number of fused-ring (bicyclic) bond motifs is 1. The first-order valence-corrected chi connectivity index (χ1v) is 5.15. The molecule has 0 saturated carbocycles. The Kier molecular flexibility index (Phi) is 2.64. The molecule has 1 aromatic carbocycles. The molecule has 0 aliphatic heterocycles. The van der Waals surface area contributed by atoms with E-state index in [-0.39, 0.29) is 0 Å². The number of nitrogens with one attached hydrogen (secondary N) is 1. The molecule has 3 heteroatoms. The summed E-state index contributed by atoms with van der Waals surface area (Å²) < 4.78 is 2.17. The Labute approximate surface area is 90.3 Å². The highest BCUT2D eigenvalue weighted by Crippen LogP contribution is 2.20. The molecule has 0 spiro atoms. The van der Waals surface area contributed by atoms with Crippen molar-refractivity contribution in [3.63, 3.8) is 0 Å². The number of aromatic nitrogens is 1. The standard InChI is InChI=1S/C12H17N3/c1-13-8-10-9-15(14(2)3)12-7-5-4-6-11(10)12/h4-7,9,13H,8H2,1-3H3. The first-order valence-electron chi connectivity index (χ1n) is 5.15. The largest absolute Gasteiger partial charge is 0.319 e. The van der Waals surface area contributed by atoms with Gasteiger partial charge in [0.1, 0.15) is 0 Å². The molecule has 80 valence electrons. The van der Waals surface area contributed by atoms with Gasteiger partial charge in [0.25, 0.3) is 0 Å². The summed E-state index contributed by atoms with van der Waals surface area (Å²) in [6, 6.07) is 8.48. The van der Waals surface area contributed by atoms with Crippen LogP contribution in [0.15, 0.2) is 30.5 Å². The van der Waals surface area contributed by atoms with Gasteiger partial charge in [-0.15, -0.1) is 0 Å². The van der Waals surface area contributed by atoms with E-state index in [4.69, 9.17) is 0 Å². The second-order valence-corrected chi connectivity index (χ2v) is 3.89. The molecule has 3 nitrogen and oxygen atoms in total. The van der Waals surface area contributed by atoms with Crippen molar-refractivity contribution in [2.45, 2.75) is 6.54 Å². The van der Waals surface area contributed by atoms with E-state index in [0.29, 0.717) is 0 Å². The normalized spacial score (nSPS) is 10.9. The topological polar surface area (TPSA) is 20.2 Å². The summed E-state index contributed by atoms with van der Waals surface area (Å²) in [4.78, 5) is 0. The maximum absolute atomic E-state index is 3.20. The fourth-order valence-corrected chi connectivity index (χ4v) is 1.89. The molecule has 0 fully saturated rings. The second-order valence-electron chi connectivity index (χ2n) is 3.89. The summed E-state index contributed by atoms with van der Waals surface area (Å²) in [6.07, 6.45) is 2.18. The summed E-state index contributed by atoms with van der Waals surface area (Å²) in [5, 5.41) is 6.60. The van der Waals surface area contributed by atoms with Gasteiger partial charge in [0.2, 0.25) is 0 Å². The first kappa shape index (κ1) is 10.1. The SMILES string of the molecule is CNCc1cn(N(C)C)c2ccccc12. The molecule has 15 heavy (non-hydrogen) atoms. The summed E-state index contributed by atoms with van der Waals surface area (Å²) in [5.41, 5.74) is 2.59. The average Bonchev–Trinajstić information content (AvgIpc) is 2.59. The van der Waals surface area contributed by atoms with E-state index in [9.17, 15) is 0 Å². The van der Waals surface area contributed by atoms with Crippen LogP contribution in [0.4, 0.5) is 0 Å².